The van der Waals surface area contributed by atoms with Crippen molar-refractivity contribution in [1.82, 2.24) is 0 Å². The molecule has 0 heterocycles. The Morgan fingerprint density at radius 2 is 2.08 bits per heavy atom. The minimum atomic E-state index is -4.54. The average molecular weight is 192 g/mol. The first-order valence-corrected chi connectivity index (χ1v) is 3.96. The first kappa shape index (κ1) is 10.3. The highest BCUT2D eigenvalue weighted by Crippen LogP contribution is 2.29. The number of halogens is 3. The third-order valence-corrected chi connectivity index (χ3v) is 1.79. The molecule has 1 aliphatic rings. The monoisotopic (exact) mass is 192 g/mol. The van der Waals surface area contributed by atoms with Gasteiger partial charge in [0.15, 0.2) is 0 Å². The minimum Gasteiger partial charge on any atom is -0.288 e. The predicted molar refractivity (Wildman–Crippen MR) is 43.1 cm³/mol. The van der Waals surface area contributed by atoms with Gasteiger partial charge in [0.05, 0.1) is 6.10 Å². The van der Waals surface area contributed by atoms with Gasteiger partial charge < -0.3 is 0 Å². The Balaban J connectivity index is 2.56. The van der Waals surface area contributed by atoms with Gasteiger partial charge in [0.25, 0.3) is 0 Å². The van der Waals surface area contributed by atoms with Crippen molar-refractivity contribution in [2.45, 2.75) is 32.2 Å². The van der Waals surface area contributed by atoms with Crippen LogP contribution in [0.25, 0.3) is 0 Å². The molecule has 1 atom stereocenters. The van der Waals surface area contributed by atoms with Gasteiger partial charge in [0.1, 0.15) is 0 Å². The van der Waals surface area contributed by atoms with E-state index in [4.69, 9.17) is 0 Å². The summed E-state index contributed by atoms with van der Waals surface area (Å²) in [7, 11) is 0. The lowest BCUT2D eigenvalue weighted by Crippen LogP contribution is -2.26. The maximum absolute atomic E-state index is 11.8. The summed E-state index contributed by atoms with van der Waals surface area (Å²) in [6.07, 6.45) is -2.94. The lowest BCUT2D eigenvalue weighted by molar-refractivity contribution is -0.342. The van der Waals surface area contributed by atoms with Crippen LogP contribution in [0.4, 0.5) is 13.2 Å². The van der Waals surface area contributed by atoms with Crippen LogP contribution < -0.4 is 0 Å². The van der Waals surface area contributed by atoms with Gasteiger partial charge >= 0.3 is 6.36 Å². The SMILES string of the molecule is C=C1C=C(C)CC(OC(F)(F)F)C1. The fourth-order valence-corrected chi connectivity index (χ4v) is 1.46. The van der Waals surface area contributed by atoms with Gasteiger partial charge in [-0.25, -0.2) is 0 Å². The molecule has 0 saturated carbocycles. The third kappa shape index (κ3) is 3.63. The number of rotatable bonds is 1. The average Bonchev–Trinajstić information content (AvgIpc) is 1.78. The van der Waals surface area contributed by atoms with Crippen LogP contribution in [0.15, 0.2) is 23.8 Å². The van der Waals surface area contributed by atoms with Crippen LogP contribution in [-0.4, -0.2) is 12.5 Å². The molecule has 0 radical (unpaired) electrons. The number of allylic oxidation sites excluding steroid dienone is 1. The fraction of sp³-hybridized carbons (Fsp3) is 0.556. The van der Waals surface area contributed by atoms with E-state index in [1.54, 1.807) is 13.0 Å². The van der Waals surface area contributed by atoms with Crippen molar-refractivity contribution in [3.8, 4) is 0 Å². The van der Waals surface area contributed by atoms with Crippen molar-refractivity contribution in [1.29, 1.82) is 0 Å². The van der Waals surface area contributed by atoms with Crippen molar-refractivity contribution in [3.05, 3.63) is 23.8 Å². The molecule has 0 amide bonds. The van der Waals surface area contributed by atoms with Crippen molar-refractivity contribution in [2.24, 2.45) is 0 Å². The lowest BCUT2D eigenvalue weighted by atomic mass is 9.95. The Hall–Kier alpha value is -0.770. The summed E-state index contributed by atoms with van der Waals surface area (Å²) in [6.45, 7) is 5.40. The molecule has 0 aromatic rings. The van der Waals surface area contributed by atoms with Crippen LogP contribution in [0.3, 0.4) is 0 Å². The highest BCUT2D eigenvalue weighted by Gasteiger charge is 2.34. The second-order valence-corrected chi connectivity index (χ2v) is 3.24. The molecule has 0 saturated heterocycles. The summed E-state index contributed by atoms with van der Waals surface area (Å²) in [6, 6.07) is 0. The molecule has 4 heteroatoms. The van der Waals surface area contributed by atoms with Gasteiger partial charge in [-0.1, -0.05) is 23.8 Å². The lowest BCUT2D eigenvalue weighted by Gasteiger charge is -2.23. The standard InChI is InChI=1S/C9H11F3O/c1-6-3-7(2)5-8(4-6)13-9(10,11)12/h3,8H,1,4-5H2,2H3. The van der Waals surface area contributed by atoms with E-state index in [0.717, 1.165) is 5.57 Å². The summed E-state index contributed by atoms with van der Waals surface area (Å²) >= 11 is 0. The smallest absolute Gasteiger partial charge is 0.288 e. The quantitative estimate of drug-likeness (QED) is 0.620. The molecule has 0 spiro atoms. The Morgan fingerprint density at radius 1 is 1.46 bits per heavy atom. The van der Waals surface area contributed by atoms with Gasteiger partial charge in [-0.3, -0.25) is 4.74 Å². The predicted octanol–water partition coefficient (Wildman–Crippen LogP) is 3.19. The highest BCUT2D eigenvalue weighted by atomic mass is 19.4. The summed E-state index contributed by atoms with van der Waals surface area (Å²) in [5.41, 5.74) is 1.57. The third-order valence-electron chi connectivity index (χ3n) is 1.79. The molecule has 0 fully saturated rings. The molecule has 1 aliphatic carbocycles. The van der Waals surface area contributed by atoms with Crippen LogP contribution in [0, 0.1) is 0 Å². The van der Waals surface area contributed by atoms with Crippen molar-refractivity contribution < 1.29 is 17.9 Å². The number of hydrogen-bond acceptors (Lipinski definition) is 1. The second-order valence-electron chi connectivity index (χ2n) is 3.24. The largest absolute Gasteiger partial charge is 0.522 e. The van der Waals surface area contributed by atoms with Gasteiger partial charge in [-0.2, -0.15) is 0 Å². The molecule has 1 nitrogen and oxygen atoms in total. The van der Waals surface area contributed by atoms with E-state index < -0.39 is 12.5 Å². The number of alkyl halides is 3. The van der Waals surface area contributed by atoms with Gasteiger partial charge in [-0.05, 0) is 19.8 Å². The molecule has 0 bridgehead atoms. The maximum atomic E-state index is 11.8. The summed E-state index contributed by atoms with van der Waals surface area (Å²) < 4.78 is 39.4. The van der Waals surface area contributed by atoms with E-state index in [9.17, 15) is 13.2 Å². The van der Waals surface area contributed by atoms with E-state index in [0.29, 0.717) is 12.0 Å². The molecule has 74 valence electrons. The Labute approximate surface area is 74.9 Å². The molecule has 13 heavy (non-hydrogen) atoms. The molecular formula is C9H11F3O. The zero-order valence-corrected chi connectivity index (χ0v) is 7.32. The van der Waals surface area contributed by atoms with E-state index in [1.165, 1.54) is 0 Å². The van der Waals surface area contributed by atoms with Crippen LogP contribution in [0.2, 0.25) is 0 Å². The van der Waals surface area contributed by atoms with Crippen LogP contribution in [0.5, 0.6) is 0 Å². The molecule has 1 unspecified atom stereocenters. The second kappa shape index (κ2) is 3.54. The molecule has 1 rings (SSSR count). The van der Waals surface area contributed by atoms with E-state index in [2.05, 4.69) is 11.3 Å². The number of hydrogen-bond donors (Lipinski definition) is 0. The zero-order valence-electron chi connectivity index (χ0n) is 7.32. The van der Waals surface area contributed by atoms with E-state index in [1.807, 2.05) is 0 Å². The normalized spacial score (nSPS) is 24.5. The van der Waals surface area contributed by atoms with E-state index >= 15 is 0 Å². The van der Waals surface area contributed by atoms with Crippen molar-refractivity contribution >= 4 is 0 Å². The molecule has 0 N–H and O–H groups in total. The summed E-state index contributed by atoms with van der Waals surface area (Å²) in [5.74, 6) is 0. The van der Waals surface area contributed by atoms with Crippen molar-refractivity contribution in [2.75, 3.05) is 0 Å². The first-order chi connectivity index (χ1) is 5.87. The Morgan fingerprint density at radius 3 is 2.54 bits per heavy atom. The highest BCUT2D eigenvalue weighted by molar-refractivity contribution is 5.24. The molecule has 0 aliphatic heterocycles. The van der Waals surface area contributed by atoms with Crippen molar-refractivity contribution in [3.63, 3.8) is 0 Å². The zero-order chi connectivity index (χ0) is 10.1. The first-order valence-electron chi connectivity index (χ1n) is 3.96. The summed E-state index contributed by atoms with van der Waals surface area (Å²) in [5, 5.41) is 0. The minimum absolute atomic E-state index is 0.261. The topological polar surface area (TPSA) is 9.23 Å². The Bertz CT molecular complexity index is 240. The fourth-order valence-electron chi connectivity index (χ4n) is 1.46. The van der Waals surface area contributed by atoms with Crippen LogP contribution >= 0.6 is 0 Å². The van der Waals surface area contributed by atoms with Gasteiger partial charge in [-0.15, -0.1) is 13.2 Å². The van der Waals surface area contributed by atoms with E-state index in [-0.39, 0.29) is 6.42 Å². The van der Waals surface area contributed by atoms with Gasteiger partial charge in [0, 0.05) is 0 Å². The molecule has 0 aromatic heterocycles. The molecular weight excluding hydrogens is 181 g/mol. The van der Waals surface area contributed by atoms with Crippen LogP contribution in [0.1, 0.15) is 19.8 Å². The maximum Gasteiger partial charge on any atom is 0.522 e. The van der Waals surface area contributed by atoms with Crippen LogP contribution in [-0.2, 0) is 4.74 Å². The van der Waals surface area contributed by atoms with Gasteiger partial charge in [0.2, 0.25) is 0 Å². The molecule has 0 aromatic carbocycles. The Kier molecular flexibility index (Phi) is 2.81. The summed E-state index contributed by atoms with van der Waals surface area (Å²) in [4.78, 5) is 0. The number of ether oxygens (including phenoxy) is 1.